The third-order valence-electron chi connectivity index (χ3n) is 3.33. The van der Waals surface area contributed by atoms with Crippen molar-refractivity contribution in [1.82, 2.24) is 0 Å². The molecule has 3 aromatic carbocycles. The number of carbonyl (C=O) groups excluding carboxylic acids is 1. The molecule has 0 unspecified atom stereocenters. The molecule has 0 aliphatic heterocycles. The Kier molecular flexibility index (Phi) is 3.56. The van der Waals surface area contributed by atoms with Gasteiger partial charge in [-0.3, -0.25) is 5.32 Å². The number of anilines is 1. The molecule has 3 rings (SSSR count). The molecule has 3 heteroatoms. The van der Waals surface area contributed by atoms with Crippen LogP contribution >= 0.6 is 0 Å². The topological polar surface area (TPSA) is 38.3 Å². The van der Waals surface area contributed by atoms with Gasteiger partial charge < -0.3 is 4.74 Å². The fourth-order valence-electron chi connectivity index (χ4n) is 2.23. The van der Waals surface area contributed by atoms with Crippen LogP contribution in [0, 0.1) is 6.92 Å². The van der Waals surface area contributed by atoms with Crippen molar-refractivity contribution in [2.24, 2.45) is 0 Å². The fourth-order valence-corrected chi connectivity index (χ4v) is 2.23. The van der Waals surface area contributed by atoms with E-state index in [9.17, 15) is 4.79 Å². The summed E-state index contributed by atoms with van der Waals surface area (Å²) in [5.74, 6) is 0.555. The van der Waals surface area contributed by atoms with Gasteiger partial charge in [-0.2, -0.15) is 0 Å². The number of hydrogen-bond acceptors (Lipinski definition) is 2. The molecule has 0 aromatic heterocycles. The van der Waals surface area contributed by atoms with Crippen LogP contribution in [0.2, 0.25) is 0 Å². The number of amides is 1. The van der Waals surface area contributed by atoms with Crippen molar-refractivity contribution in [1.29, 1.82) is 0 Å². The predicted octanol–water partition coefficient (Wildman–Crippen LogP) is 4.76. The summed E-state index contributed by atoms with van der Waals surface area (Å²) in [6.07, 6.45) is -0.486. The van der Waals surface area contributed by atoms with E-state index in [-0.39, 0.29) is 0 Å². The Morgan fingerprint density at radius 1 is 0.905 bits per heavy atom. The van der Waals surface area contributed by atoms with E-state index in [4.69, 9.17) is 4.74 Å². The lowest BCUT2D eigenvalue weighted by atomic mass is 10.1. The standard InChI is InChI=1S/C18H15NO2/c1-13-7-2-5-11-16(13)19-18(20)21-17-12-6-9-14-8-3-4-10-15(14)17/h2-12H,1H3,(H,19,20). The van der Waals surface area contributed by atoms with Crippen LogP contribution in [-0.4, -0.2) is 6.09 Å². The number of benzene rings is 3. The molecule has 0 radical (unpaired) electrons. The van der Waals surface area contributed by atoms with Gasteiger partial charge in [0.1, 0.15) is 5.75 Å². The van der Waals surface area contributed by atoms with E-state index in [0.29, 0.717) is 5.75 Å². The van der Waals surface area contributed by atoms with Crippen LogP contribution in [0.1, 0.15) is 5.56 Å². The first-order valence-corrected chi connectivity index (χ1v) is 6.76. The molecule has 0 heterocycles. The van der Waals surface area contributed by atoms with Gasteiger partial charge >= 0.3 is 6.09 Å². The molecule has 0 bridgehead atoms. The van der Waals surface area contributed by atoms with Crippen molar-refractivity contribution >= 4 is 22.6 Å². The number of hydrogen-bond donors (Lipinski definition) is 1. The summed E-state index contributed by atoms with van der Waals surface area (Å²) in [6, 6.07) is 21.0. The van der Waals surface area contributed by atoms with E-state index in [1.54, 1.807) is 6.07 Å². The minimum Gasteiger partial charge on any atom is -0.409 e. The first kappa shape index (κ1) is 13.2. The second-order valence-corrected chi connectivity index (χ2v) is 4.81. The summed E-state index contributed by atoms with van der Waals surface area (Å²) < 4.78 is 5.44. The van der Waals surface area contributed by atoms with Gasteiger partial charge in [-0.1, -0.05) is 54.6 Å². The van der Waals surface area contributed by atoms with Crippen molar-refractivity contribution in [3.05, 3.63) is 72.3 Å². The summed E-state index contributed by atoms with van der Waals surface area (Å²) in [6.45, 7) is 1.94. The first-order chi connectivity index (χ1) is 10.2. The molecule has 0 aliphatic carbocycles. The lowest BCUT2D eigenvalue weighted by Gasteiger charge is -2.10. The summed E-state index contributed by atoms with van der Waals surface area (Å²) in [7, 11) is 0. The molecule has 1 amide bonds. The molecule has 0 saturated heterocycles. The number of fused-ring (bicyclic) bond motifs is 1. The Hall–Kier alpha value is -2.81. The zero-order valence-electron chi connectivity index (χ0n) is 11.7. The second-order valence-electron chi connectivity index (χ2n) is 4.81. The van der Waals surface area contributed by atoms with E-state index >= 15 is 0 Å². The largest absolute Gasteiger partial charge is 0.417 e. The van der Waals surface area contributed by atoms with Crippen molar-refractivity contribution in [3.63, 3.8) is 0 Å². The van der Waals surface area contributed by atoms with E-state index in [1.807, 2.05) is 67.6 Å². The third kappa shape index (κ3) is 2.87. The summed E-state index contributed by atoms with van der Waals surface area (Å²) in [5.41, 5.74) is 1.75. The predicted molar refractivity (Wildman–Crippen MR) is 84.8 cm³/mol. The minimum atomic E-state index is -0.486. The van der Waals surface area contributed by atoms with E-state index in [1.165, 1.54) is 0 Å². The van der Waals surface area contributed by atoms with Crippen LogP contribution in [0.3, 0.4) is 0 Å². The number of rotatable bonds is 2. The van der Waals surface area contributed by atoms with E-state index < -0.39 is 6.09 Å². The highest BCUT2D eigenvalue weighted by atomic mass is 16.6. The first-order valence-electron chi connectivity index (χ1n) is 6.76. The van der Waals surface area contributed by atoms with Crippen LogP contribution in [-0.2, 0) is 0 Å². The van der Waals surface area contributed by atoms with Crippen LogP contribution in [0.4, 0.5) is 10.5 Å². The van der Waals surface area contributed by atoms with Gasteiger partial charge in [0.15, 0.2) is 0 Å². The molecular weight excluding hydrogens is 262 g/mol. The highest BCUT2D eigenvalue weighted by molar-refractivity contribution is 5.93. The number of para-hydroxylation sites is 1. The molecule has 1 N–H and O–H groups in total. The zero-order chi connectivity index (χ0) is 14.7. The maximum Gasteiger partial charge on any atom is 0.417 e. The molecular formula is C18H15NO2. The number of ether oxygens (including phenoxy) is 1. The van der Waals surface area contributed by atoms with Crippen molar-refractivity contribution in [2.75, 3.05) is 5.32 Å². The van der Waals surface area contributed by atoms with Crippen LogP contribution in [0.15, 0.2) is 66.7 Å². The van der Waals surface area contributed by atoms with Crippen LogP contribution < -0.4 is 10.1 Å². The van der Waals surface area contributed by atoms with Gasteiger partial charge in [0.2, 0.25) is 0 Å². The summed E-state index contributed by atoms with van der Waals surface area (Å²) >= 11 is 0. The summed E-state index contributed by atoms with van der Waals surface area (Å²) in [4.78, 5) is 12.0. The Morgan fingerprint density at radius 3 is 2.48 bits per heavy atom. The average molecular weight is 277 g/mol. The van der Waals surface area contributed by atoms with E-state index in [0.717, 1.165) is 22.0 Å². The third-order valence-corrected chi connectivity index (χ3v) is 3.33. The molecule has 3 aromatic rings. The van der Waals surface area contributed by atoms with E-state index in [2.05, 4.69) is 5.32 Å². The monoisotopic (exact) mass is 277 g/mol. The fraction of sp³-hybridized carbons (Fsp3) is 0.0556. The maximum atomic E-state index is 12.0. The van der Waals surface area contributed by atoms with Gasteiger partial charge in [-0.05, 0) is 30.0 Å². The highest BCUT2D eigenvalue weighted by Gasteiger charge is 2.09. The Labute approximate surface area is 123 Å². The zero-order valence-corrected chi connectivity index (χ0v) is 11.7. The lowest BCUT2D eigenvalue weighted by Crippen LogP contribution is -2.17. The normalized spacial score (nSPS) is 10.3. The average Bonchev–Trinajstić information content (AvgIpc) is 2.50. The lowest BCUT2D eigenvalue weighted by molar-refractivity contribution is 0.215. The summed E-state index contributed by atoms with van der Waals surface area (Å²) in [5, 5.41) is 4.72. The number of nitrogens with one attached hydrogen (secondary N) is 1. The second kappa shape index (κ2) is 5.67. The molecule has 0 spiro atoms. The van der Waals surface area contributed by atoms with Crippen molar-refractivity contribution < 1.29 is 9.53 Å². The van der Waals surface area contributed by atoms with Gasteiger partial charge in [0, 0.05) is 11.1 Å². The molecule has 0 aliphatic rings. The van der Waals surface area contributed by atoms with Gasteiger partial charge in [0.25, 0.3) is 0 Å². The Balaban J connectivity index is 1.82. The smallest absolute Gasteiger partial charge is 0.409 e. The van der Waals surface area contributed by atoms with Crippen molar-refractivity contribution in [3.8, 4) is 5.75 Å². The van der Waals surface area contributed by atoms with Gasteiger partial charge in [-0.15, -0.1) is 0 Å². The minimum absolute atomic E-state index is 0.486. The maximum absolute atomic E-state index is 12.0. The molecule has 0 fully saturated rings. The molecule has 104 valence electrons. The van der Waals surface area contributed by atoms with Gasteiger partial charge in [-0.25, -0.2) is 4.79 Å². The van der Waals surface area contributed by atoms with Crippen LogP contribution in [0.5, 0.6) is 5.75 Å². The van der Waals surface area contributed by atoms with Crippen LogP contribution in [0.25, 0.3) is 10.8 Å². The highest BCUT2D eigenvalue weighted by Crippen LogP contribution is 2.25. The number of aryl methyl sites for hydroxylation is 1. The van der Waals surface area contributed by atoms with Crippen molar-refractivity contribution in [2.45, 2.75) is 6.92 Å². The van der Waals surface area contributed by atoms with Gasteiger partial charge in [0.05, 0.1) is 0 Å². The number of carbonyl (C=O) groups is 1. The molecule has 0 saturated carbocycles. The quantitative estimate of drug-likeness (QED) is 0.733. The molecule has 3 nitrogen and oxygen atoms in total. The molecule has 21 heavy (non-hydrogen) atoms. The Bertz CT molecular complexity index is 791. The molecule has 0 atom stereocenters. The Morgan fingerprint density at radius 2 is 1.62 bits per heavy atom. The SMILES string of the molecule is Cc1ccccc1NC(=O)Oc1cccc2ccccc12.